The molecular weight excluding hydrogens is 258 g/mol. The van der Waals surface area contributed by atoms with Crippen LogP contribution in [0.3, 0.4) is 0 Å². The van der Waals surface area contributed by atoms with Gasteiger partial charge >= 0.3 is 5.97 Å². The van der Waals surface area contributed by atoms with Crippen molar-refractivity contribution < 1.29 is 23.1 Å². The molecule has 2 fully saturated rings. The molecule has 0 amide bonds. The Morgan fingerprint density at radius 3 is 2.67 bits per heavy atom. The van der Waals surface area contributed by atoms with Crippen LogP contribution >= 0.6 is 0 Å². The van der Waals surface area contributed by atoms with E-state index in [0.29, 0.717) is 26.0 Å². The van der Waals surface area contributed by atoms with Crippen molar-refractivity contribution in [2.75, 3.05) is 18.9 Å². The number of hydrogen-bond acceptors (Lipinski definition) is 4. The van der Waals surface area contributed by atoms with Crippen molar-refractivity contribution >= 4 is 16.0 Å². The van der Waals surface area contributed by atoms with Gasteiger partial charge in [-0.25, -0.2) is 8.42 Å². The van der Waals surface area contributed by atoms with Crippen LogP contribution in [0.25, 0.3) is 0 Å². The van der Waals surface area contributed by atoms with E-state index in [1.807, 2.05) is 0 Å². The monoisotopic (exact) mass is 277 g/mol. The summed E-state index contributed by atoms with van der Waals surface area (Å²) in [5, 5.41) is 9.02. The summed E-state index contributed by atoms with van der Waals surface area (Å²) in [7, 11) is -3.53. The van der Waals surface area contributed by atoms with Crippen molar-refractivity contribution in [3.8, 4) is 0 Å². The van der Waals surface area contributed by atoms with Crippen LogP contribution < -0.4 is 0 Å². The predicted molar refractivity (Wildman–Crippen MR) is 64.7 cm³/mol. The van der Waals surface area contributed by atoms with E-state index in [-0.39, 0.29) is 11.9 Å². The molecule has 0 aromatic heterocycles. The molecule has 2 rings (SSSR count). The van der Waals surface area contributed by atoms with Gasteiger partial charge in [0.1, 0.15) is 6.04 Å². The summed E-state index contributed by atoms with van der Waals surface area (Å²) in [6.07, 6.45) is 3.42. The maximum atomic E-state index is 12.2. The molecule has 0 saturated carbocycles. The van der Waals surface area contributed by atoms with E-state index in [4.69, 9.17) is 9.84 Å². The number of nitrogens with zero attached hydrogens (tertiary/aromatic N) is 1. The van der Waals surface area contributed by atoms with E-state index in [1.54, 1.807) is 0 Å². The number of aliphatic carboxylic acids is 1. The Bertz CT molecular complexity index is 402. The third-order valence-electron chi connectivity index (χ3n) is 3.52. The lowest BCUT2D eigenvalue weighted by Gasteiger charge is -2.26. The van der Waals surface area contributed by atoms with Crippen LogP contribution in [0.15, 0.2) is 0 Å². The van der Waals surface area contributed by atoms with Crippen molar-refractivity contribution in [2.24, 2.45) is 0 Å². The molecule has 0 bridgehead atoms. The van der Waals surface area contributed by atoms with Gasteiger partial charge in [-0.05, 0) is 32.1 Å². The van der Waals surface area contributed by atoms with Crippen LogP contribution in [0.4, 0.5) is 0 Å². The van der Waals surface area contributed by atoms with Crippen LogP contribution in [0.5, 0.6) is 0 Å². The smallest absolute Gasteiger partial charge is 0.322 e. The molecule has 2 saturated heterocycles. The van der Waals surface area contributed by atoms with Gasteiger partial charge in [0.25, 0.3) is 0 Å². The van der Waals surface area contributed by atoms with Crippen molar-refractivity contribution in [1.29, 1.82) is 0 Å². The van der Waals surface area contributed by atoms with Gasteiger partial charge in [0.15, 0.2) is 0 Å². The fraction of sp³-hybridized carbons (Fsp3) is 0.909. The first-order valence-electron chi connectivity index (χ1n) is 6.34. The van der Waals surface area contributed by atoms with Crippen molar-refractivity contribution in [3.63, 3.8) is 0 Å². The van der Waals surface area contributed by atoms with Gasteiger partial charge in [0.2, 0.25) is 10.0 Å². The average Bonchev–Trinajstić information content (AvgIpc) is 2.79. The van der Waals surface area contributed by atoms with E-state index in [2.05, 4.69) is 0 Å². The highest BCUT2D eigenvalue weighted by atomic mass is 32.2. The van der Waals surface area contributed by atoms with Gasteiger partial charge in [0, 0.05) is 13.2 Å². The largest absolute Gasteiger partial charge is 0.480 e. The molecule has 0 aliphatic carbocycles. The highest BCUT2D eigenvalue weighted by Gasteiger charge is 2.39. The first-order chi connectivity index (χ1) is 8.50. The maximum Gasteiger partial charge on any atom is 0.322 e. The molecule has 2 aliphatic heterocycles. The van der Waals surface area contributed by atoms with Gasteiger partial charge in [-0.15, -0.1) is 0 Å². The number of sulfonamides is 1. The van der Waals surface area contributed by atoms with E-state index in [9.17, 15) is 13.2 Å². The molecule has 104 valence electrons. The van der Waals surface area contributed by atoms with Crippen LogP contribution in [0, 0.1) is 0 Å². The fourth-order valence-electron chi connectivity index (χ4n) is 2.59. The van der Waals surface area contributed by atoms with Crippen LogP contribution in [0.1, 0.15) is 32.1 Å². The topological polar surface area (TPSA) is 83.9 Å². The summed E-state index contributed by atoms with van der Waals surface area (Å²) in [5.41, 5.74) is 0. The number of hydrogen-bond donors (Lipinski definition) is 1. The quantitative estimate of drug-likeness (QED) is 0.806. The molecular formula is C11H19NO5S. The zero-order valence-corrected chi connectivity index (χ0v) is 11.1. The van der Waals surface area contributed by atoms with E-state index in [0.717, 1.165) is 23.6 Å². The second kappa shape index (κ2) is 5.54. The lowest BCUT2D eigenvalue weighted by molar-refractivity contribution is -0.140. The number of carboxylic acid groups (broad SMARTS) is 1. The normalized spacial score (nSPS) is 30.4. The summed E-state index contributed by atoms with van der Waals surface area (Å²) in [6, 6.07) is -0.890. The third kappa shape index (κ3) is 3.02. The number of rotatable bonds is 4. The zero-order valence-electron chi connectivity index (χ0n) is 10.2. The average molecular weight is 277 g/mol. The SMILES string of the molecule is O=C(O)C1CCCN1S(=O)(=O)CC1CCCCO1. The summed E-state index contributed by atoms with van der Waals surface area (Å²) >= 11 is 0. The Labute approximate surface area is 107 Å². The van der Waals surface area contributed by atoms with Gasteiger partial charge in [-0.1, -0.05) is 0 Å². The molecule has 2 aliphatic rings. The minimum Gasteiger partial charge on any atom is -0.480 e. The highest BCUT2D eigenvalue weighted by molar-refractivity contribution is 7.89. The summed E-state index contributed by atoms with van der Waals surface area (Å²) in [4.78, 5) is 11.0. The second-order valence-corrected chi connectivity index (χ2v) is 6.84. The maximum absolute atomic E-state index is 12.2. The predicted octanol–water partition coefficient (Wildman–Crippen LogP) is 0.434. The standard InChI is InChI=1S/C11H19NO5S/c13-11(14)10-5-3-6-12(10)18(15,16)8-9-4-1-2-7-17-9/h9-10H,1-8H2,(H,13,14). The Balaban J connectivity index is 2.03. The molecule has 2 atom stereocenters. The lowest BCUT2D eigenvalue weighted by atomic mass is 10.1. The molecule has 2 unspecified atom stereocenters. The molecule has 2 heterocycles. The van der Waals surface area contributed by atoms with Gasteiger partial charge in [0.05, 0.1) is 11.9 Å². The first kappa shape index (κ1) is 13.8. The Morgan fingerprint density at radius 2 is 2.06 bits per heavy atom. The van der Waals surface area contributed by atoms with Crippen LogP contribution in [-0.2, 0) is 19.6 Å². The van der Waals surface area contributed by atoms with Gasteiger partial charge in [-0.2, -0.15) is 4.31 Å². The third-order valence-corrected chi connectivity index (χ3v) is 5.46. The van der Waals surface area contributed by atoms with Crippen molar-refractivity contribution in [2.45, 2.75) is 44.2 Å². The Morgan fingerprint density at radius 1 is 1.28 bits per heavy atom. The van der Waals surface area contributed by atoms with E-state index >= 15 is 0 Å². The van der Waals surface area contributed by atoms with Crippen LogP contribution in [-0.4, -0.2) is 54.8 Å². The second-order valence-electron chi connectivity index (χ2n) is 4.87. The molecule has 0 aromatic carbocycles. The van der Waals surface area contributed by atoms with E-state index < -0.39 is 22.0 Å². The minimum atomic E-state index is -3.53. The minimum absolute atomic E-state index is 0.0865. The number of carbonyl (C=O) groups is 1. The summed E-state index contributed by atoms with van der Waals surface area (Å²) < 4.78 is 30.9. The molecule has 6 nitrogen and oxygen atoms in total. The number of carboxylic acids is 1. The zero-order chi connectivity index (χ0) is 13.2. The fourth-order valence-corrected chi connectivity index (χ4v) is 4.50. The highest BCUT2D eigenvalue weighted by Crippen LogP contribution is 2.24. The molecule has 1 N–H and O–H groups in total. The molecule has 18 heavy (non-hydrogen) atoms. The Hall–Kier alpha value is -0.660. The van der Waals surface area contributed by atoms with Crippen LogP contribution in [0.2, 0.25) is 0 Å². The lowest BCUT2D eigenvalue weighted by Crippen LogP contribution is -2.44. The van der Waals surface area contributed by atoms with Crippen molar-refractivity contribution in [3.05, 3.63) is 0 Å². The molecule has 0 radical (unpaired) electrons. The number of ether oxygens (including phenoxy) is 1. The summed E-state index contributed by atoms with van der Waals surface area (Å²) in [6.45, 7) is 0.911. The van der Waals surface area contributed by atoms with Gasteiger partial charge in [-0.3, -0.25) is 4.79 Å². The Kier molecular flexibility index (Phi) is 4.24. The van der Waals surface area contributed by atoms with Crippen molar-refractivity contribution in [1.82, 2.24) is 4.31 Å². The first-order valence-corrected chi connectivity index (χ1v) is 7.95. The molecule has 0 spiro atoms. The molecule has 7 heteroatoms. The van der Waals surface area contributed by atoms with E-state index in [1.165, 1.54) is 0 Å². The molecule has 0 aromatic rings. The van der Waals surface area contributed by atoms with Gasteiger partial charge < -0.3 is 9.84 Å². The summed E-state index contributed by atoms with van der Waals surface area (Å²) in [5.74, 6) is -1.14.